The minimum absolute atomic E-state index is 0.0363. The molecule has 4 rings (SSSR count). The fraction of sp³-hybridized carbons (Fsp3) is 0.650. The van der Waals surface area contributed by atoms with E-state index in [1.165, 1.54) is 12.8 Å². The molecule has 1 aromatic heterocycles. The molecule has 1 saturated heterocycles. The number of hydrogen-bond acceptors (Lipinski definition) is 3. The molecule has 1 aromatic rings. The van der Waals surface area contributed by atoms with Gasteiger partial charge in [0.25, 0.3) is 5.91 Å². The van der Waals surface area contributed by atoms with Crippen LogP contribution in [0.25, 0.3) is 0 Å². The fourth-order valence-electron chi connectivity index (χ4n) is 4.42. The number of pyridine rings is 1. The van der Waals surface area contributed by atoms with Crippen molar-refractivity contribution >= 4 is 11.8 Å². The molecule has 0 atom stereocenters. The van der Waals surface area contributed by atoms with Gasteiger partial charge in [-0.15, -0.1) is 0 Å². The Morgan fingerprint density at radius 3 is 2.64 bits per heavy atom. The molecule has 3 fully saturated rings. The molecule has 2 saturated carbocycles. The smallest absolute Gasteiger partial charge is 0.253 e. The Hall–Kier alpha value is -1.91. The lowest BCUT2D eigenvalue weighted by Crippen LogP contribution is -2.51. The standard InChI is InChI=1S/C20H27N3O2/c1-14-2-5-16(12-21-14)19(25)22-17-6-9-20(10-7-17)11-8-18(24)23(20)13-15-3-4-15/h2,5,12,15,17H,3-4,6-11,13H2,1H3,(H,22,25). The number of aromatic nitrogens is 1. The van der Waals surface area contributed by atoms with Crippen LogP contribution >= 0.6 is 0 Å². The molecule has 25 heavy (non-hydrogen) atoms. The Morgan fingerprint density at radius 1 is 1.24 bits per heavy atom. The Bertz CT molecular complexity index is 658. The van der Waals surface area contributed by atoms with Crippen LogP contribution in [0.3, 0.4) is 0 Å². The normalized spacial score (nSPS) is 29.2. The van der Waals surface area contributed by atoms with Crippen LogP contribution in [-0.4, -0.2) is 39.8 Å². The first kappa shape index (κ1) is 16.6. The van der Waals surface area contributed by atoms with Gasteiger partial charge in [-0.05, 0) is 69.9 Å². The molecule has 1 aliphatic heterocycles. The van der Waals surface area contributed by atoms with E-state index >= 15 is 0 Å². The van der Waals surface area contributed by atoms with Crippen LogP contribution in [0.4, 0.5) is 0 Å². The highest BCUT2D eigenvalue weighted by molar-refractivity contribution is 5.94. The van der Waals surface area contributed by atoms with E-state index in [0.29, 0.717) is 17.9 Å². The van der Waals surface area contributed by atoms with E-state index in [0.717, 1.165) is 50.3 Å². The Morgan fingerprint density at radius 2 is 2.00 bits per heavy atom. The van der Waals surface area contributed by atoms with Gasteiger partial charge in [0.05, 0.1) is 5.56 Å². The van der Waals surface area contributed by atoms with Crippen LogP contribution in [0.15, 0.2) is 18.3 Å². The van der Waals surface area contributed by atoms with E-state index in [1.807, 2.05) is 19.1 Å². The summed E-state index contributed by atoms with van der Waals surface area (Å²) in [5.41, 5.74) is 1.61. The molecule has 0 radical (unpaired) electrons. The van der Waals surface area contributed by atoms with Gasteiger partial charge in [0, 0.05) is 36.4 Å². The zero-order valence-electron chi connectivity index (χ0n) is 15.0. The Kier molecular flexibility index (Phi) is 4.26. The third-order valence-electron chi connectivity index (χ3n) is 6.24. The highest BCUT2D eigenvalue weighted by Crippen LogP contribution is 2.44. The summed E-state index contributed by atoms with van der Waals surface area (Å²) in [5.74, 6) is 1.05. The minimum atomic E-state index is -0.0363. The van der Waals surface area contributed by atoms with Gasteiger partial charge in [0.1, 0.15) is 0 Å². The van der Waals surface area contributed by atoms with Crippen LogP contribution in [0, 0.1) is 12.8 Å². The summed E-state index contributed by atoms with van der Waals surface area (Å²) in [5, 5.41) is 3.16. The molecule has 0 unspecified atom stereocenters. The molecule has 134 valence electrons. The number of amides is 2. The van der Waals surface area contributed by atoms with E-state index in [2.05, 4.69) is 15.2 Å². The third kappa shape index (κ3) is 3.42. The highest BCUT2D eigenvalue weighted by atomic mass is 16.2. The molecule has 3 aliphatic rings. The lowest BCUT2D eigenvalue weighted by molar-refractivity contribution is -0.132. The second-order valence-corrected chi connectivity index (χ2v) is 8.11. The number of carbonyl (C=O) groups excluding carboxylic acids is 2. The Balaban J connectivity index is 1.35. The number of hydrogen-bond donors (Lipinski definition) is 1. The molecule has 1 spiro atoms. The van der Waals surface area contributed by atoms with Crippen molar-refractivity contribution in [2.75, 3.05) is 6.54 Å². The van der Waals surface area contributed by atoms with Gasteiger partial charge in [0.2, 0.25) is 5.91 Å². The van der Waals surface area contributed by atoms with Crippen molar-refractivity contribution in [2.24, 2.45) is 5.92 Å². The van der Waals surface area contributed by atoms with Crippen molar-refractivity contribution in [1.82, 2.24) is 15.2 Å². The number of likely N-dealkylation sites (tertiary alicyclic amines) is 1. The second kappa shape index (κ2) is 6.43. The Labute approximate surface area is 149 Å². The quantitative estimate of drug-likeness (QED) is 0.916. The molecule has 2 aliphatic carbocycles. The van der Waals surface area contributed by atoms with Crippen LogP contribution < -0.4 is 5.32 Å². The predicted molar refractivity (Wildman–Crippen MR) is 95.1 cm³/mol. The first-order valence-corrected chi connectivity index (χ1v) is 9.60. The molecular weight excluding hydrogens is 314 g/mol. The fourth-order valence-corrected chi connectivity index (χ4v) is 4.42. The summed E-state index contributed by atoms with van der Waals surface area (Å²) >= 11 is 0. The molecule has 5 heteroatoms. The van der Waals surface area contributed by atoms with E-state index in [4.69, 9.17) is 0 Å². The zero-order chi connectivity index (χ0) is 17.4. The summed E-state index contributed by atoms with van der Waals surface area (Å²) in [6, 6.07) is 3.90. The largest absolute Gasteiger partial charge is 0.349 e. The summed E-state index contributed by atoms with van der Waals surface area (Å²) in [6.07, 6.45) is 9.86. The summed E-state index contributed by atoms with van der Waals surface area (Å²) in [7, 11) is 0. The SMILES string of the molecule is Cc1ccc(C(=O)NC2CCC3(CCC(=O)N3CC3CC3)CC2)cn1. The summed E-state index contributed by atoms with van der Waals surface area (Å²) < 4.78 is 0. The molecule has 2 amide bonds. The van der Waals surface area contributed by atoms with Crippen molar-refractivity contribution in [3.8, 4) is 0 Å². The predicted octanol–water partition coefficient (Wildman–Crippen LogP) is 2.83. The van der Waals surface area contributed by atoms with Crippen molar-refractivity contribution in [3.63, 3.8) is 0 Å². The number of aryl methyl sites for hydroxylation is 1. The van der Waals surface area contributed by atoms with E-state index < -0.39 is 0 Å². The van der Waals surface area contributed by atoms with Crippen LogP contribution in [0.5, 0.6) is 0 Å². The number of rotatable bonds is 4. The second-order valence-electron chi connectivity index (χ2n) is 8.11. The van der Waals surface area contributed by atoms with Gasteiger partial charge in [0.15, 0.2) is 0 Å². The van der Waals surface area contributed by atoms with Crippen LogP contribution in [-0.2, 0) is 4.79 Å². The molecule has 1 N–H and O–H groups in total. The highest BCUT2D eigenvalue weighted by Gasteiger charge is 2.48. The number of nitrogens with one attached hydrogen (secondary N) is 1. The lowest BCUT2D eigenvalue weighted by Gasteiger charge is -2.44. The third-order valence-corrected chi connectivity index (χ3v) is 6.24. The molecule has 2 heterocycles. The van der Waals surface area contributed by atoms with E-state index in [1.54, 1.807) is 6.20 Å². The van der Waals surface area contributed by atoms with Gasteiger partial charge < -0.3 is 10.2 Å². The molecule has 0 aromatic carbocycles. The van der Waals surface area contributed by atoms with Crippen molar-refractivity contribution in [3.05, 3.63) is 29.6 Å². The van der Waals surface area contributed by atoms with Crippen molar-refractivity contribution in [1.29, 1.82) is 0 Å². The van der Waals surface area contributed by atoms with Gasteiger partial charge >= 0.3 is 0 Å². The minimum Gasteiger partial charge on any atom is -0.349 e. The summed E-state index contributed by atoms with van der Waals surface area (Å²) in [6.45, 7) is 2.88. The monoisotopic (exact) mass is 341 g/mol. The van der Waals surface area contributed by atoms with Crippen LogP contribution in [0.1, 0.15) is 67.4 Å². The topological polar surface area (TPSA) is 62.3 Å². The maximum atomic E-state index is 12.4. The first-order valence-electron chi connectivity index (χ1n) is 9.60. The zero-order valence-corrected chi connectivity index (χ0v) is 15.0. The number of carbonyl (C=O) groups is 2. The first-order chi connectivity index (χ1) is 12.1. The van der Waals surface area contributed by atoms with Crippen LogP contribution in [0.2, 0.25) is 0 Å². The molecule has 5 nitrogen and oxygen atoms in total. The van der Waals surface area contributed by atoms with Crippen molar-refractivity contribution < 1.29 is 9.59 Å². The summed E-state index contributed by atoms with van der Waals surface area (Å²) in [4.78, 5) is 31.1. The lowest BCUT2D eigenvalue weighted by atomic mass is 9.77. The molecule has 0 bridgehead atoms. The molecular formula is C20H27N3O2. The van der Waals surface area contributed by atoms with Gasteiger partial charge in [-0.25, -0.2) is 0 Å². The average molecular weight is 341 g/mol. The van der Waals surface area contributed by atoms with E-state index in [9.17, 15) is 9.59 Å². The average Bonchev–Trinajstić information content (AvgIpc) is 3.39. The van der Waals surface area contributed by atoms with Gasteiger partial charge in [-0.2, -0.15) is 0 Å². The van der Waals surface area contributed by atoms with Gasteiger partial charge in [-0.3, -0.25) is 14.6 Å². The van der Waals surface area contributed by atoms with E-state index in [-0.39, 0.29) is 17.5 Å². The van der Waals surface area contributed by atoms with Crippen molar-refractivity contribution in [2.45, 2.75) is 69.9 Å². The number of nitrogens with zero attached hydrogens (tertiary/aromatic N) is 2. The maximum absolute atomic E-state index is 12.4. The van der Waals surface area contributed by atoms with Gasteiger partial charge in [-0.1, -0.05) is 0 Å². The maximum Gasteiger partial charge on any atom is 0.253 e.